The van der Waals surface area contributed by atoms with Crippen molar-refractivity contribution in [2.45, 2.75) is 0 Å². The Labute approximate surface area is 105 Å². The van der Waals surface area contributed by atoms with Gasteiger partial charge in [0, 0.05) is 0 Å². The lowest BCUT2D eigenvalue weighted by Crippen LogP contribution is -2.13. The summed E-state index contributed by atoms with van der Waals surface area (Å²) in [5, 5.41) is 2.57. The molecular formula is C11H7BrFN3O. The Balaban J connectivity index is 2.24. The molecule has 0 aliphatic carbocycles. The van der Waals surface area contributed by atoms with Crippen molar-refractivity contribution >= 4 is 27.5 Å². The molecule has 0 fully saturated rings. The van der Waals surface area contributed by atoms with Gasteiger partial charge in [0.1, 0.15) is 12.1 Å². The Kier molecular flexibility index (Phi) is 3.43. The second kappa shape index (κ2) is 5.01. The van der Waals surface area contributed by atoms with Crippen LogP contribution in [0.5, 0.6) is 0 Å². The summed E-state index contributed by atoms with van der Waals surface area (Å²) in [7, 11) is 0. The van der Waals surface area contributed by atoms with Crippen molar-refractivity contribution in [3.63, 3.8) is 0 Å². The first-order valence-corrected chi connectivity index (χ1v) is 5.48. The van der Waals surface area contributed by atoms with Gasteiger partial charge in [-0.15, -0.1) is 0 Å². The van der Waals surface area contributed by atoms with Gasteiger partial charge in [-0.1, -0.05) is 6.07 Å². The summed E-state index contributed by atoms with van der Waals surface area (Å²) in [5.41, 5.74) is 0.669. The van der Waals surface area contributed by atoms with E-state index >= 15 is 0 Å². The van der Waals surface area contributed by atoms with E-state index in [1.165, 1.54) is 36.9 Å². The molecule has 1 aromatic heterocycles. The van der Waals surface area contributed by atoms with Crippen LogP contribution in [0, 0.1) is 5.82 Å². The molecule has 0 saturated carbocycles. The number of anilines is 1. The third-order valence-electron chi connectivity index (χ3n) is 2.01. The van der Waals surface area contributed by atoms with E-state index in [4.69, 9.17) is 0 Å². The Bertz CT molecular complexity index is 548. The van der Waals surface area contributed by atoms with E-state index in [9.17, 15) is 9.18 Å². The predicted octanol–water partition coefficient (Wildman–Crippen LogP) is 2.63. The number of aromatic nitrogens is 2. The van der Waals surface area contributed by atoms with Gasteiger partial charge in [-0.3, -0.25) is 4.79 Å². The molecule has 0 spiro atoms. The molecule has 0 saturated heterocycles. The van der Waals surface area contributed by atoms with Crippen LogP contribution in [0.25, 0.3) is 0 Å². The molecular weight excluding hydrogens is 289 g/mol. The lowest BCUT2D eigenvalue weighted by Gasteiger charge is -2.06. The topological polar surface area (TPSA) is 54.9 Å². The van der Waals surface area contributed by atoms with E-state index in [2.05, 4.69) is 31.2 Å². The van der Waals surface area contributed by atoms with Crippen LogP contribution < -0.4 is 5.32 Å². The second-order valence-corrected chi connectivity index (χ2v) is 3.98. The van der Waals surface area contributed by atoms with Gasteiger partial charge in [0.2, 0.25) is 0 Å². The van der Waals surface area contributed by atoms with E-state index in [0.29, 0.717) is 5.69 Å². The van der Waals surface area contributed by atoms with E-state index in [1.807, 2.05) is 0 Å². The van der Waals surface area contributed by atoms with Gasteiger partial charge in [-0.2, -0.15) is 0 Å². The highest BCUT2D eigenvalue weighted by atomic mass is 79.9. The monoisotopic (exact) mass is 295 g/mol. The second-order valence-electron chi connectivity index (χ2n) is 3.18. The van der Waals surface area contributed by atoms with Gasteiger partial charge in [-0.25, -0.2) is 14.4 Å². The molecule has 1 N–H and O–H groups in total. The zero-order valence-corrected chi connectivity index (χ0v) is 10.1. The number of carbonyl (C=O) groups is 1. The lowest BCUT2D eigenvalue weighted by atomic mass is 10.2. The zero-order valence-electron chi connectivity index (χ0n) is 8.52. The molecule has 86 valence electrons. The van der Waals surface area contributed by atoms with Gasteiger partial charge in [0.15, 0.2) is 0 Å². The van der Waals surface area contributed by atoms with Crippen LogP contribution in [0.3, 0.4) is 0 Å². The minimum absolute atomic E-state index is 0.134. The van der Waals surface area contributed by atoms with Crippen molar-refractivity contribution in [2.24, 2.45) is 0 Å². The fourth-order valence-corrected chi connectivity index (χ4v) is 1.69. The van der Waals surface area contributed by atoms with Crippen LogP contribution in [0.1, 0.15) is 10.4 Å². The standard InChI is InChI=1S/C11H7BrFN3O/c12-10-8(2-1-3-9(10)13)11(17)16-7-4-14-6-15-5-7/h1-6H,(H,16,17). The highest BCUT2D eigenvalue weighted by molar-refractivity contribution is 9.10. The van der Waals surface area contributed by atoms with Crippen LogP contribution in [-0.4, -0.2) is 15.9 Å². The third kappa shape index (κ3) is 2.65. The molecule has 6 heteroatoms. The van der Waals surface area contributed by atoms with Crippen LogP contribution >= 0.6 is 15.9 Å². The predicted molar refractivity (Wildman–Crippen MR) is 64.1 cm³/mol. The molecule has 0 radical (unpaired) electrons. The van der Waals surface area contributed by atoms with E-state index in [-0.39, 0.29) is 10.0 Å². The molecule has 2 aromatic rings. The molecule has 0 bridgehead atoms. The van der Waals surface area contributed by atoms with Crippen molar-refractivity contribution in [1.29, 1.82) is 0 Å². The van der Waals surface area contributed by atoms with E-state index in [1.54, 1.807) is 0 Å². The fraction of sp³-hybridized carbons (Fsp3) is 0. The minimum Gasteiger partial charge on any atom is -0.319 e. The van der Waals surface area contributed by atoms with Crippen molar-refractivity contribution in [2.75, 3.05) is 5.32 Å². The molecule has 0 unspecified atom stereocenters. The van der Waals surface area contributed by atoms with Gasteiger partial charge in [-0.05, 0) is 28.1 Å². The quantitative estimate of drug-likeness (QED) is 0.927. The van der Waals surface area contributed by atoms with Crippen LogP contribution in [0.15, 0.2) is 41.4 Å². The van der Waals surface area contributed by atoms with Gasteiger partial charge in [0.05, 0.1) is 28.1 Å². The molecule has 0 aliphatic heterocycles. The minimum atomic E-state index is -0.484. The summed E-state index contributed by atoms with van der Waals surface area (Å²) in [4.78, 5) is 19.3. The third-order valence-corrected chi connectivity index (χ3v) is 2.82. The highest BCUT2D eigenvalue weighted by Gasteiger charge is 2.13. The van der Waals surface area contributed by atoms with Gasteiger partial charge >= 0.3 is 0 Å². The summed E-state index contributed by atoms with van der Waals surface area (Å²) in [6.07, 6.45) is 4.27. The normalized spacial score (nSPS) is 10.0. The first kappa shape index (κ1) is 11.7. The summed E-state index contributed by atoms with van der Waals surface area (Å²) in [6.45, 7) is 0. The summed E-state index contributed by atoms with van der Waals surface area (Å²) in [5.74, 6) is -0.909. The maximum absolute atomic E-state index is 13.2. The number of carbonyl (C=O) groups excluding carboxylic acids is 1. The van der Waals surface area contributed by atoms with Crippen molar-refractivity contribution in [1.82, 2.24) is 9.97 Å². The largest absolute Gasteiger partial charge is 0.319 e. The summed E-state index contributed by atoms with van der Waals surface area (Å²) < 4.78 is 13.4. The zero-order chi connectivity index (χ0) is 12.3. The van der Waals surface area contributed by atoms with Crippen LogP contribution in [0.4, 0.5) is 10.1 Å². The van der Waals surface area contributed by atoms with E-state index in [0.717, 1.165) is 0 Å². The fourth-order valence-electron chi connectivity index (χ4n) is 1.24. The van der Waals surface area contributed by atoms with Gasteiger partial charge in [0.25, 0.3) is 5.91 Å². The number of hydrogen-bond acceptors (Lipinski definition) is 3. The smallest absolute Gasteiger partial charge is 0.256 e. The average molecular weight is 296 g/mol. The number of nitrogens with one attached hydrogen (secondary N) is 1. The first-order valence-electron chi connectivity index (χ1n) is 4.69. The molecule has 1 amide bonds. The number of amides is 1. The number of rotatable bonds is 2. The molecule has 0 aliphatic rings. The van der Waals surface area contributed by atoms with Crippen LogP contribution in [-0.2, 0) is 0 Å². The number of hydrogen-bond donors (Lipinski definition) is 1. The Morgan fingerprint density at radius 1 is 1.29 bits per heavy atom. The molecule has 1 aromatic carbocycles. The Morgan fingerprint density at radius 3 is 2.71 bits per heavy atom. The van der Waals surface area contributed by atoms with Crippen molar-refractivity contribution in [3.8, 4) is 0 Å². The van der Waals surface area contributed by atoms with Crippen LogP contribution in [0.2, 0.25) is 0 Å². The molecule has 17 heavy (non-hydrogen) atoms. The average Bonchev–Trinajstić information content (AvgIpc) is 2.34. The van der Waals surface area contributed by atoms with Gasteiger partial charge < -0.3 is 5.32 Å². The molecule has 0 atom stereocenters. The maximum atomic E-state index is 13.2. The van der Waals surface area contributed by atoms with Crippen molar-refractivity contribution < 1.29 is 9.18 Å². The van der Waals surface area contributed by atoms with E-state index < -0.39 is 11.7 Å². The lowest BCUT2D eigenvalue weighted by molar-refractivity contribution is 0.102. The number of benzene rings is 1. The maximum Gasteiger partial charge on any atom is 0.256 e. The number of nitrogens with zero attached hydrogens (tertiary/aromatic N) is 2. The Morgan fingerprint density at radius 2 is 2.00 bits per heavy atom. The molecule has 4 nitrogen and oxygen atoms in total. The Hall–Kier alpha value is -1.82. The number of halogens is 2. The SMILES string of the molecule is O=C(Nc1cncnc1)c1cccc(F)c1Br. The summed E-state index contributed by atoms with van der Waals surface area (Å²) >= 11 is 3.03. The molecule has 1 heterocycles. The highest BCUT2D eigenvalue weighted by Crippen LogP contribution is 2.21. The molecule has 2 rings (SSSR count). The summed E-state index contributed by atoms with van der Waals surface area (Å²) in [6, 6.07) is 4.26. The van der Waals surface area contributed by atoms with Crippen molar-refractivity contribution in [3.05, 3.63) is 52.8 Å². The first-order chi connectivity index (χ1) is 8.18.